The van der Waals surface area contributed by atoms with Gasteiger partial charge in [-0.25, -0.2) is 4.79 Å². The molecular weight excluding hydrogens is 280 g/mol. The van der Waals surface area contributed by atoms with Gasteiger partial charge in [0.15, 0.2) is 0 Å². The van der Waals surface area contributed by atoms with Crippen molar-refractivity contribution in [1.82, 2.24) is 10.6 Å². The fraction of sp³-hybridized carbons (Fsp3) is 0.462. The van der Waals surface area contributed by atoms with Crippen LogP contribution in [0.25, 0.3) is 0 Å². The zero-order valence-electron chi connectivity index (χ0n) is 11.4. The molecule has 7 heteroatoms. The van der Waals surface area contributed by atoms with Crippen molar-refractivity contribution >= 4 is 29.2 Å². The smallest absolute Gasteiger partial charge is 0.321 e. The summed E-state index contributed by atoms with van der Waals surface area (Å²) in [4.78, 5) is 33.5. The summed E-state index contributed by atoms with van der Waals surface area (Å²) in [6, 6.07) is -0.567. The van der Waals surface area contributed by atoms with E-state index in [2.05, 4.69) is 10.6 Å². The number of urea groups is 1. The highest BCUT2D eigenvalue weighted by Gasteiger charge is 2.14. The Morgan fingerprint density at radius 2 is 2.00 bits per heavy atom. The molecule has 1 aromatic rings. The third kappa shape index (κ3) is 5.83. The van der Waals surface area contributed by atoms with E-state index < -0.39 is 17.9 Å². The van der Waals surface area contributed by atoms with Crippen molar-refractivity contribution in [3.05, 3.63) is 21.9 Å². The third-order valence-electron chi connectivity index (χ3n) is 2.71. The molecule has 1 aromatic heterocycles. The van der Waals surface area contributed by atoms with Gasteiger partial charge in [0.2, 0.25) is 5.91 Å². The average Bonchev–Trinajstić information content (AvgIpc) is 2.70. The van der Waals surface area contributed by atoms with E-state index in [1.165, 1.54) is 0 Å². The lowest BCUT2D eigenvalue weighted by molar-refractivity contribution is -0.138. The third-order valence-corrected chi connectivity index (χ3v) is 3.62. The number of carbonyl (C=O) groups is 3. The summed E-state index contributed by atoms with van der Waals surface area (Å²) in [6.07, 6.45) is -0.0830. The number of carboxylic acids is 1. The highest BCUT2D eigenvalue weighted by molar-refractivity contribution is 7.08. The Morgan fingerprint density at radius 3 is 2.55 bits per heavy atom. The van der Waals surface area contributed by atoms with Crippen molar-refractivity contribution in [2.75, 3.05) is 0 Å². The molecule has 6 nitrogen and oxygen atoms in total. The van der Waals surface area contributed by atoms with Crippen LogP contribution in [0.3, 0.4) is 0 Å². The number of carbonyl (C=O) groups excluding carboxylic acids is 2. The Labute approximate surface area is 121 Å². The van der Waals surface area contributed by atoms with E-state index in [-0.39, 0.29) is 18.8 Å². The summed E-state index contributed by atoms with van der Waals surface area (Å²) in [5.41, 5.74) is 2.11. The van der Waals surface area contributed by atoms with E-state index in [0.717, 1.165) is 11.1 Å². The monoisotopic (exact) mass is 298 g/mol. The van der Waals surface area contributed by atoms with Gasteiger partial charge in [0.1, 0.15) is 0 Å². The van der Waals surface area contributed by atoms with Crippen LogP contribution in [0.2, 0.25) is 0 Å². The largest absolute Gasteiger partial charge is 0.481 e. The number of aliphatic carboxylic acids is 1. The summed E-state index contributed by atoms with van der Waals surface area (Å²) in [7, 11) is 0. The van der Waals surface area contributed by atoms with Crippen LogP contribution >= 0.6 is 11.3 Å². The van der Waals surface area contributed by atoms with Crippen LogP contribution in [0.15, 0.2) is 10.8 Å². The number of hydrogen-bond donors (Lipinski definition) is 3. The van der Waals surface area contributed by atoms with Crippen molar-refractivity contribution in [2.45, 2.75) is 33.2 Å². The first-order valence-electron chi connectivity index (χ1n) is 6.19. The minimum atomic E-state index is -0.956. The molecule has 0 fully saturated rings. The van der Waals surface area contributed by atoms with Gasteiger partial charge in [-0.2, -0.15) is 11.3 Å². The number of hydrogen-bond acceptors (Lipinski definition) is 4. The summed E-state index contributed by atoms with van der Waals surface area (Å²) >= 11 is 1.55. The van der Waals surface area contributed by atoms with Crippen LogP contribution in [0.1, 0.15) is 30.9 Å². The Hall–Kier alpha value is -1.89. The van der Waals surface area contributed by atoms with E-state index in [4.69, 9.17) is 5.11 Å². The maximum absolute atomic E-state index is 11.5. The summed E-state index contributed by atoms with van der Waals surface area (Å²) in [5, 5.41) is 17.3. The minimum Gasteiger partial charge on any atom is -0.481 e. The molecule has 0 radical (unpaired) electrons. The topological polar surface area (TPSA) is 95.5 Å². The Kier molecular flexibility index (Phi) is 6.17. The highest BCUT2D eigenvalue weighted by atomic mass is 32.1. The van der Waals surface area contributed by atoms with Gasteiger partial charge in [0.25, 0.3) is 0 Å². The second kappa shape index (κ2) is 7.64. The van der Waals surface area contributed by atoms with Crippen molar-refractivity contribution < 1.29 is 19.5 Å². The van der Waals surface area contributed by atoms with Gasteiger partial charge in [-0.1, -0.05) is 6.92 Å². The van der Waals surface area contributed by atoms with Gasteiger partial charge in [0.05, 0.1) is 0 Å². The van der Waals surface area contributed by atoms with Crippen molar-refractivity contribution in [3.63, 3.8) is 0 Å². The lowest BCUT2D eigenvalue weighted by atomic mass is 10.0. The number of rotatable bonds is 6. The minimum absolute atomic E-state index is 0.0111. The molecule has 3 amide bonds. The molecule has 0 bridgehead atoms. The summed E-state index contributed by atoms with van der Waals surface area (Å²) < 4.78 is 0. The molecule has 0 spiro atoms. The normalized spacial score (nSPS) is 11.7. The molecule has 0 aliphatic carbocycles. The zero-order valence-corrected chi connectivity index (χ0v) is 12.3. The summed E-state index contributed by atoms with van der Waals surface area (Å²) in [6.45, 7) is 3.96. The quantitative estimate of drug-likeness (QED) is 0.747. The molecule has 0 saturated carbocycles. The van der Waals surface area contributed by atoms with E-state index in [0.29, 0.717) is 6.54 Å². The van der Waals surface area contributed by atoms with E-state index in [1.807, 2.05) is 17.7 Å². The fourth-order valence-electron chi connectivity index (χ4n) is 1.65. The maximum atomic E-state index is 11.5. The Morgan fingerprint density at radius 1 is 1.30 bits per heavy atom. The van der Waals surface area contributed by atoms with Crippen LogP contribution in [0.5, 0.6) is 0 Å². The first kappa shape index (κ1) is 16.2. The molecule has 20 heavy (non-hydrogen) atoms. The molecule has 1 atom stereocenters. The van der Waals surface area contributed by atoms with Crippen molar-refractivity contribution in [1.29, 1.82) is 0 Å². The lowest BCUT2D eigenvalue weighted by Crippen LogP contribution is -2.39. The molecule has 1 heterocycles. The number of thiophene rings is 1. The molecule has 1 rings (SSSR count). The second-order valence-electron chi connectivity index (χ2n) is 4.72. The van der Waals surface area contributed by atoms with Crippen LogP contribution in [-0.4, -0.2) is 23.0 Å². The molecule has 0 aliphatic heterocycles. The summed E-state index contributed by atoms with van der Waals surface area (Å²) in [5.74, 6) is -1.74. The zero-order chi connectivity index (χ0) is 15.1. The standard InChI is InChI=1S/C13H18N2O4S/c1-8(4-12(17)18)3-11(16)15-13(19)14-5-10-7-20-6-9(10)2/h6-8H,3-5H2,1-2H3,(H,17,18)(H2,14,15,16,19). The molecule has 1 unspecified atom stereocenters. The predicted molar refractivity (Wildman–Crippen MR) is 75.5 cm³/mol. The predicted octanol–water partition coefficient (Wildman–Crippen LogP) is 1.88. The number of aryl methyl sites for hydroxylation is 1. The molecule has 0 aliphatic rings. The number of carboxylic acid groups (broad SMARTS) is 1. The Bertz CT molecular complexity index is 498. The Balaban J connectivity index is 2.29. The van der Waals surface area contributed by atoms with E-state index in [9.17, 15) is 14.4 Å². The first-order valence-corrected chi connectivity index (χ1v) is 7.14. The van der Waals surface area contributed by atoms with Gasteiger partial charge < -0.3 is 10.4 Å². The number of nitrogens with one attached hydrogen (secondary N) is 2. The molecule has 0 saturated heterocycles. The van der Waals surface area contributed by atoms with Gasteiger partial charge >= 0.3 is 12.0 Å². The van der Waals surface area contributed by atoms with Gasteiger partial charge in [-0.05, 0) is 34.7 Å². The molecule has 3 N–H and O–H groups in total. The number of imide groups is 1. The van der Waals surface area contributed by atoms with E-state index >= 15 is 0 Å². The fourth-order valence-corrected chi connectivity index (χ4v) is 2.51. The lowest BCUT2D eigenvalue weighted by Gasteiger charge is -2.09. The van der Waals surface area contributed by atoms with Crippen molar-refractivity contribution in [3.8, 4) is 0 Å². The van der Waals surface area contributed by atoms with Gasteiger partial charge in [-0.15, -0.1) is 0 Å². The van der Waals surface area contributed by atoms with Crippen LogP contribution in [0, 0.1) is 12.8 Å². The second-order valence-corrected chi connectivity index (χ2v) is 5.46. The van der Waals surface area contributed by atoms with Crippen LogP contribution in [0.4, 0.5) is 4.79 Å². The van der Waals surface area contributed by atoms with Gasteiger partial charge in [-0.3, -0.25) is 14.9 Å². The van der Waals surface area contributed by atoms with Crippen molar-refractivity contribution in [2.24, 2.45) is 5.92 Å². The molecule has 0 aromatic carbocycles. The molecule has 110 valence electrons. The van der Waals surface area contributed by atoms with Crippen LogP contribution in [-0.2, 0) is 16.1 Å². The SMILES string of the molecule is Cc1cscc1CNC(=O)NC(=O)CC(C)CC(=O)O. The van der Waals surface area contributed by atoms with Crippen LogP contribution < -0.4 is 10.6 Å². The molecular formula is C13H18N2O4S. The van der Waals surface area contributed by atoms with Gasteiger partial charge in [0, 0.05) is 19.4 Å². The van der Waals surface area contributed by atoms with E-state index in [1.54, 1.807) is 18.3 Å². The highest BCUT2D eigenvalue weighted by Crippen LogP contribution is 2.12. The first-order chi connectivity index (χ1) is 9.38. The average molecular weight is 298 g/mol. The number of amides is 3. The maximum Gasteiger partial charge on any atom is 0.321 e.